The number of benzene rings is 1. The van der Waals surface area contributed by atoms with Crippen molar-refractivity contribution in [3.8, 4) is 5.75 Å². The third-order valence-electron chi connectivity index (χ3n) is 2.97. The maximum atomic E-state index is 9.83. The normalized spacial score (nSPS) is 16.9. The van der Waals surface area contributed by atoms with Crippen LogP contribution < -0.4 is 0 Å². The quantitative estimate of drug-likeness (QED) is 0.736. The molecule has 2 heteroatoms. The topological polar surface area (TPSA) is 32.6 Å². The van der Waals surface area contributed by atoms with Gasteiger partial charge in [0.1, 0.15) is 5.75 Å². The zero-order valence-electron chi connectivity index (χ0n) is 9.33. The first kappa shape index (κ1) is 10.2. The average molecular weight is 203 g/mol. The molecule has 0 heterocycles. The average Bonchev–Trinajstić information content (AvgIpc) is 2.10. The molecule has 2 nitrogen and oxygen atoms in total. The summed E-state index contributed by atoms with van der Waals surface area (Å²) in [6.45, 7) is 3.95. The van der Waals surface area contributed by atoms with Gasteiger partial charge in [0.2, 0.25) is 0 Å². The van der Waals surface area contributed by atoms with Gasteiger partial charge >= 0.3 is 0 Å². The van der Waals surface area contributed by atoms with E-state index in [2.05, 4.69) is 4.99 Å². The first-order valence-corrected chi connectivity index (χ1v) is 5.50. The van der Waals surface area contributed by atoms with Crippen LogP contribution in [0.1, 0.15) is 36.0 Å². The van der Waals surface area contributed by atoms with E-state index >= 15 is 0 Å². The van der Waals surface area contributed by atoms with E-state index in [1.54, 1.807) is 0 Å². The van der Waals surface area contributed by atoms with Crippen molar-refractivity contribution in [1.82, 2.24) is 0 Å². The van der Waals surface area contributed by atoms with Crippen LogP contribution in [0.15, 0.2) is 17.1 Å². The summed E-state index contributed by atoms with van der Waals surface area (Å²) in [4.78, 5) is 4.46. The largest absolute Gasteiger partial charge is 0.507 e. The van der Waals surface area contributed by atoms with Crippen molar-refractivity contribution >= 4 is 6.21 Å². The van der Waals surface area contributed by atoms with Gasteiger partial charge in [-0.15, -0.1) is 0 Å². The lowest BCUT2D eigenvalue weighted by Gasteiger charge is -2.20. The van der Waals surface area contributed by atoms with Gasteiger partial charge < -0.3 is 5.11 Å². The van der Waals surface area contributed by atoms with Crippen molar-refractivity contribution in [3.05, 3.63) is 28.8 Å². The first-order chi connectivity index (χ1) is 7.16. The monoisotopic (exact) mass is 203 g/mol. The molecule has 0 bridgehead atoms. The Morgan fingerprint density at radius 3 is 2.67 bits per heavy atom. The SMILES string of the molecule is Cc1cc(C)c(O)c(C=NC2CCC2)c1. The van der Waals surface area contributed by atoms with Crippen molar-refractivity contribution in [2.24, 2.45) is 4.99 Å². The summed E-state index contributed by atoms with van der Waals surface area (Å²) < 4.78 is 0. The van der Waals surface area contributed by atoms with Crippen molar-refractivity contribution in [1.29, 1.82) is 0 Å². The standard InChI is InChI=1S/C13H17NO/c1-9-6-10(2)13(15)11(7-9)8-14-12-4-3-5-12/h6-8,12,15H,3-5H2,1-2H3. The molecule has 0 atom stereocenters. The summed E-state index contributed by atoms with van der Waals surface area (Å²) in [7, 11) is 0. The highest BCUT2D eigenvalue weighted by Crippen LogP contribution is 2.25. The number of aryl methyl sites for hydroxylation is 2. The zero-order valence-corrected chi connectivity index (χ0v) is 9.33. The Morgan fingerprint density at radius 1 is 1.33 bits per heavy atom. The number of aliphatic imine (C=N–C) groups is 1. The number of aromatic hydroxyl groups is 1. The number of nitrogens with zero attached hydrogens (tertiary/aromatic N) is 1. The maximum Gasteiger partial charge on any atom is 0.127 e. The fourth-order valence-corrected chi connectivity index (χ4v) is 1.81. The van der Waals surface area contributed by atoms with Gasteiger partial charge in [-0.25, -0.2) is 0 Å². The summed E-state index contributed by atoms with van der Waals surface area (Å²) in [5.74, 6) is 0.365. The Labute approximate surface area is 90.7 Å². The van der Waals surface area contributed by atoms with E-state index < -0.39 is 0 Å². The lowest BCUT2D eigenvalue weighted by atomic mass is 9.94. The van der Waals surface area contributed by atoms with Crippen molar-refractivity contribution in [2.75, 3.05) is 0 Å². The molecule has 0 amide bonds. The number of rotatable bonds is 2. The summed E-state index contributed by atoms with van der Waals surface area (Å²) in [5, 5.41) is 9.83. The van der Waals surface area contributed by atoms with Gasteiger partial charge in [-0.2, -0.15) is 0 Å². The highest BCUT2D eigenvalue weighted by atomic mass is 16.3. The molecule has 0 saturated heterocycles. The van der Waals surface area contributed by atoms with Crippen LogP contribution in [-0.2, 0) is 0 Å². The Bertz CT molecular complexity index is 392. The summed E-state index contributed by atoms with van der Waals surface area (Å²) in [5.41, 5.74) is 2.94. The van der Waals surface area contributed by atoms with Crippen LogP contribution >= 0.6 is 0 Å². The lowest BCUT2D eigenvalue weighted by molar-refractivity contribution is 0.421. The number of hydrogen-bond acceptors (Lipinski definition) is 2. The number of phenolic OH excluding ortho intramolecular Hbond substituents is 1. The third-order valence-corrected chi connectivity index (χ3v) is 2.97. The molecule has 1 aromatic rings. The first-order valence-electron chi connectivity index (χ1n) is 5.50. The lowest BCUT2D eigenvalue weighted by Crippen LogP contribution is -2.14. The third kappa shape index (κ3) is 2.20. The highest BCUT2D eigenvalue weighted by Gasteiger charge is 2.15. The maximum absolute atomic E-state index is 9.83. The minimum Gasteiger partial charge on any atom is -0.507 e. The van der Waals surface area contributed by atoms with E-state index in [0.717, 1.165) is 11.1 Å². The molecular weight excluding hydrogens is 186 g/mol. The molecule has 2 rings (SSSR count). The van der Waals surface area contributed by atoms with E-state index in [9.17, 15) is 5.11 Å². The van der Waals surface area contributed by atoms with Crippen molar-refractivity contribution in [3.63, 3.8) is 0 Å². The van der Waals surface area contributed by atoms with Gasteiger partial charge in [0.25, 0.3) is 0 Å². The van der Waals surface area contributed by atoms with Crippen molar-refractivity contribution in [2.45, 2.75) is 39.2 Å². The number of phenols is 1. The van der Waals surface area contributed by atoms with Gasteiger partial charge in [-0.05, 0) is 50.3 Å². The second kappa shape index (κ2) is 4.05. The summed E-state index contributed by atoms with van der Waals surface area (Å²) >= 11 is 0. The van der Waals surface area contributed by atoms with E-state index in [4.69, 9.17) is 0 Å². The van der Waals surface area contributed by atoms with E-state index in [-0.39, 0.29) is 0 Å². The van der Waals surface area contributed by atoms with E-state index in [1.165, 1.54) is 24.8 Å². The van der Waals surface area contributed by atoms with Gasteiger partial charge in [0.15, 0.2) is 0 Å². The zero-order chi connectivity index (χ0) is 10.8. The minimum atomic E-state index is 0.365. The Hall–Kier alpha value is -1.31. The molecule has 0 spiro atoms. The molecule has 0 aliphatic heterocycles. The molecule has 1 saturated carbocycles. The van der Waals surface area contributed by atoms with Gasteiger partial charge in [-0.3, -0.25) is 4.99 Å². The minimum absolute atomic E-state index is 0.365. The second-order valence-electron chi connectivity index (χ2n) is 4.38. The molecular formula is C13H17NO. The summed E-state index contributed by atoms with van der Waals surface area (Å²) in [6.07, 6.45) is 5.50. The molecule has 1 fully saturated rings. The van der Waals surface area contributed by atoms with Crippen LogP contribution in [0, 0.1) is 13.8 Å². The van der Waals surface area contributed by atoms with E-state index in [1.807, 2.05) is 32.2 Å². The fraction of sp³-hybridized carbons (Fsp3) is 0.462. The van der Waals surface area contributed by atoms with Gasteiger partial charge in [-0.1, -0.05) is 6.07 Å². The molecule has 0 aromatic heterocycles. The predicted molar refractivity (Wildman–Crippen MR) is 62.8 cm³/mol. The van der Waals surface area contributed by atoms with E-state index in [0.29, 0.717) is 11.8 Å². The molecule has 15 heavy (non-hydrogen) atoms. The highest BCUT2D eigenvalue weighted by molar-refractivity contribution is 5.84. The van der Waals surface area contributed by atoms with Crippen molar-refractivity contribution < 1.29 is 5.11 Å². The molecule has 80 valence electrons. The Balaban J connectivity index is 2.22. The Kier molecular flexibility index (Phi) is 2.76. The smallest absolute Gasteiger partial charge is 0.127 e. The van der Waals surface area contributed by atoms with Crippen LogP contribution in [-0.4, -0.2) is 17.4 Å². The molecule has 0 radical (unpaired) electrons. The van der Waals surface area contributed by atoms with Crippen LogP contribution in [0.5, 0.6) is 5.75 Å². The van der Waals surface area contributed by atoms with Crippen LogP contribution in [0.4, 0.5) is 0 Å². The summed E-state index contributed by atoms with van der Waals surface area (Å²) in [6, 6.07) is 4.45. The number of hydrogen-bond donors (Lipinski definition) is 1. The van der Waals surface area contributed by atoms with Crippen LogP contribution in [0.25, 0.3) is 0 Å². The predicted octanol–water partition coefficient (Wildman–Crippen LogP) is 2.98. The molecule has 1 aliphatic carbocycles. The second-order valence-corrected chi connectivity index (χ2v) is 4.38. The Morgan fingerprint density at radius 2 is 2.07 bits per heavy atom. The van der Waals surface area contributed by atoms with Gasteiger partial charge in [0, 0.05) is 17.8 Å². The fourth-order valence-electron chi connectivity index (χ4n) is 1.81. The molecule has 1 aromatic carbocycles. The molecule has 0 unspecified atom stereocenters. The molecule has 1 N–H and O–H groups in total. The molecule has 1 aliphatic rings. The van der Waals surface area contributed by atoms with Crippen LogP contribution in [0.2, 0.25) is 0 Å². The van der Waals surface area contributed by atoms with Crippen LogP contribution in [0.3, 0.4) is 0 Å². The van der Waals surface area contributed by atoms with Gasteiger partial charge in [0.05, 0.1) is 0 Å².